The van der Waals surface area contributed by atoms with Crippen LogP contribution in [0.4, 0.5) is 4.39 Å². The molecule has 1 aromatic heterocycles. The fourth-order valence-electron chi connectivity index (χ4n) is 3.52. The van der Waals surface area contributed by atoms with Crippen LogP contribution in [-0.4, -0.2) is 32.0 Å². The number of aromatic nitrogens is 3. The number of halogens is 1. The van der Waals surface area contributed by atoms with Crippen LogP contribution in [0.5, 0.6) is 0 Å². The summed E-state index contributed by atoms with van der Waals surface area (Å²) in [4.78, 5) is 12.7. The predicted octanol–water partition coefficient (Wildman–Crippen LogP) is 5.04. The largest absolute Gasteiger partial charge is 0.353 e. The second kappa shape index (κ2) is 9.64. The summed E-state index contributed by atoms with van der Waals surface area (Å²) in [6.45, 7) is 3.90. The summed E-state index contributed by atoms with van der Waals surface area (Å²) in [6.07, 6.45) is 3.84. The molecule has 5 nitrogen and oxygen atoms in total. The molecule has 7 heteroatoms. The smallest absolute Gasteiger partial charge is 0.233 e. The summed E-state index contributed by atoms with van der Waals surface area (Å²) in [6, 6.07) is 17.2. The zero-order valence-electron chi connectivity index (χ0n) is 17.8. The first-order valence-electron chi connectivity index (χ1n) is 10.7. The maximum absolute atomic E-state index is 14.3. The maximum Gasteiger partial charge on any atom is 0.233 e. The highest BCUT2D eigenvalue weighted by Gasteiger charge is 2.32. The van der Waals surface area contributed by atoms with E-state index in [1.165, 1.54) is 23.4 Å². The second-order valence-electron chi connectivity index (χ2n) is 8.08. The maximum atomic E-state index is 14.3. The van der Waals surface area contributed by atoms with Gasteiger partial charge in [0.25, 0.3) is 0 Å². The predicted molar refractivity (Wildman–Crippen MR) is 121 cm³/mol. The van der Waals surface area contributed by atoms with Gasteiger partial charge >= 0.3 is 0 Å². The summed E-state index contributed by atoms with van der Waals surface area (Å²) < 4.78 is 16.3. The normalized spacial score (nSPS) is 15.5. The van der Waals surface area contributed by atoms with Gasteiger partial charge in [0.1, 0.15) is 5.82 Å². The van der Waals surface area contributed by atoms with Gasteiger partial charge in [-0.15, -0.1) is 10.2 Å². The van der Waals surface area contributed by atoms with Crippen LogP contribution < -0.4 is 5.32 Å². The molecule has 0 spiro atoms. The van der Waals surface area contributed by atoms with E-state index in [-0.39, 0.29) is 29.1 Å². The van der Waals surface area contributed by atoms with Crippen molar-refractivity contribution in [2.24, 2.45) is 0 Å². The number of thioether (sulfide) groups is 1. The molecule has 1 aliphatic rings. The minimum Gasteiger partial charge on any atom is -0.353 e. The van der Waals surface area contributed by atoms with E-state index in [2.05, 4.69) is 27.6 Å². The summed E-state index contributed by atoms with van der Waals surface area (Å²) >= 11 is 1.38. The Morgan fingerprint density at radius 2 is 1.84 bits per heavy atom. The van der Waals surface area contributed by atoms with Crippen molar-refractivity contribution in [1.29, 1.82) is 0 Å². The first-order chi connectivity index (χ1) is 15.0. The lowest BCUT2D eigenvalue weighted by Gasteiger charge is -2.17. The summed E-state index contributed by atoms with van der Waals surface area (Å²) in [7, 11) is 0. The third-order valence-corrected chi connectivity index (χ3v) is 6.50. The first kappa shape index (κ1) is 21.6. The van der Waals surface area contributed by atoms with E-state index in [0.29, 0.717) is 16.5 Å². The Morgan fingerprint density at radius 3 is 2.55 bits per heavy atom. The Bertz CT molecular complexity index is 1040. The Balaban J connectivity index is 1.39. The molecule has 0 radical (unpaired) electrons. The van der Waals surface area contributed by atoms with Crippen molar-refractivity contribution in [2.75, 3.05) is 0 Å². The molecule has 1 heterocycles. The summed E-state index contributed by atoms with van der Waals surface area (Å²) in [5.41, 5.74) is 1.71. The molecular formula is C24H27FN4OS. The lowest BCUT2D eigenvalue weighted by Crippen LogP contribution is -2.38. The molecule has 2 atom stereocenters. The van der Waals surface area contributed by atoms with Crippen molar-refractivity contribution < 1.29 is 9.18 Å². The number of amides is 1. The van der Waals surface area contributed by atoms with E-state index in [4.69, 9.17) is 0 Å². The molecule has 4 rings (SSSR count). The van der Waals surface area contributed by atoms with E-state index < -0.39 is 0 Å². The molecule has 1 fully saturated rings. The van der Waals surface area contributed by atoms with E-state index in [0.717, 1.165) is 25.7 Å². The number of aryl methyl sites for hydroxylation is 1. The van der Waals surface area contributed by atoms with Crippen LogP contribution in [0.25, 0.3) is 11.4 Å². The average molecular weight is 439 g/mol. The monoisotopic (exact) mass is 438 g/mol. The first-order valence-corrected chi connectivity index (χ1v) is 11.6. The van der Waals surface area contributed by atoms with Gasteiger partial charge in [0.05, 0.1) is 10.8 Å². The Hall–Kier alpha value is -2.67. The molecule has 3 aromatic rings. The van der Waals surface area contributed by atoms with E-state index in [1.54, 1.807) is 18.2 Å². The number of rotatable bonds is 9. The van der Waals surface area contributed by atoms with Gasteiger partial charge in [0.15, 0.2) is 11.0 Å². The minimum absolute atomic E-state index is 0.0247. The lowest BCUT2D eigenvalue weighted by atomic mass is 10.1. The van der Waals surface area contributed by atoms with Gasteiger partial charge in [0, 0.05) is 12.1 Å². The molecule has 1 N–H and O–H groups in total. The summed E-state index contributed by atoms with van der Waals surface area (Å²) in [5, 5.41) is 12.0. The number of hydrogen-bond donors (Lipinski definition) is 1. The van der Waals surface area contributed by atoms with E-state index in [9.17, 15) is 9.18 Å². The fraction of sp³-hybridized carbons (Fsp3) is 0.375. The number of nitrogens with zero attached hydrogens (tertiary/aromatic N) is 3. The van der Waals surface area contributed by atoms with Crippen LogP contribution in [0, 0.1) is 5.82 Å². The average Bonchev–Trinajstić information content (AvgIpc) is 3.53. The molecule has 0 bridgehead atoms. The number of carbonyl (C=O) groups is 1. The molecule has 0 aliphatic heterocycles. The van der Waals surface area contributed by atoms with Gasteiger partial charge in [-0.1, -0.05) is 54.2 Å². The molecule has 2 aromatic carbocycles. The topological polar surface area (TPSA) is 59.8 Å². The highest BCUT2D eigenvalue weighted by Crippen LogP contribution is 2.42. The molecule has 1 aliphatic carbocycles. The van der Waals surface area contributed by atoms with Crippen LogP contribution in [0.3, 0.4) is 0 Å². The molecule has 0 unspecified atom stereocenters. The van der Waals surface area contributed by atoms with Crippen molar-refractivity contribution in [1.82, 2.24) is 20.1 Å². The van der Waals surface area contributed by atoms with Gasteiger partial charge in [-0.05, 0) is 57.2 Å². The van der Waals surface area contributed by atoms with Crippen LogP contribution >= 0.6 is 11.8 Å². The number of nitrogens with one attached hydrogen (secondary N) is 1. The highest BCUT2D eigenvalue weighted by molar-refractivity contribution is 8.00. The zero-order valence-corrected chi connectivity index (χ0v) is 18.6. The third kappa shape index (κ3) is 5.34. The molecule has 1 saturated carbocycles. The Labute approximate surface area is 186 Å². The summed E-state index contributed by atoms with van der Waals surface area (Å²) in [5.74, 6) is 0.196. The third-order valence-electron chi connectivity index (χ3n) is 5.44. The molecule has 0 saturated heterocycles. The van der Waals surface area contributed by atoms with Crippen LogP contribution in [-0.2, 0) is 11.2 Å². The van der Waals surface area contributed by atoms with Crippen molar-refractivity contribution in [2.45, 2.75) is 62.0 Å². The van der Waals surface area contributed by atoms with Crippen molar-refractivity contribution >= 4 is 17.7 Å². The van der Waals surface area contributed by atoms with Gasteiger partial charge in [-0.3, -0.25) is 9.36 Å². The van der Waals surface area contributed by atoms with Crippen molar-refractivity contribution in [3.05, 3.63) is 66.0 Å². The van der Waals surface area contributed by atoms with Gasteiger partial charge in [0.2, 0.25) is 5.91 Å². The van der Waals surface area contributed by atoms with Gasteiger partial charge in [-0.2, -0.15) is 0 Å². The van der Waals surface area contributed by atoms with Gasteiger partial charge < -0.3 is 5.32 Å². The Morgan fingerprint density at radius 1 is 1.13 bits per heavy atom. The minimum atomic E-state index is -0.325. The van der Waals surface area contributed by atoms with E-state index >= 15 is 0 Å². The SMILES string of the molecule is C[C@H](CCc1ccccc1)NC(=O)[C@@H](C)Sc1nnc(-c2ccccc2F)n1C1CC1. The molecule has 162 valence electrons. The molecule has 31 heavy (non-hydrogen) atoms. The van der Waals surface area contributed by atoms with Crippen LogP contribution in [0.2, 0.25) is 0 Å². The van der Waals surface area contributed by atoms with E-state index in [1.807, 2.05) is 36.6 Å². The van der Waals surface area contributed by atoms with Gasteiger partial charge in [-0.25, -0.2) is 4.39 Å². The zero-order chi connectivity index (χ0) is 21.8. The number of benzene rings is 2. The number of hydrogen-bond acceptors (Lipinski definition) is 4. The van der Waals surface area contributed by atoms with Crippen molar-refractivity contribution in [3.8, 4) is 11.4 Å². The van der Waals surface area contributed by atoms with Crippen molar-refractivity contribution in [3.63, 3.8) is 0 Å². The quantitative estimate of drug-likeness (QED) is 0.476. The molecule has 1 amide bonds. The number of carbonyl (C=O) groups excluding carboxylic acids is 1. The lowest BCUT2D eigenvalue weighted by molar-refractivity contribution is -0.120. The van der Waals surface area contributed by atoms with Crippen LogP contribution in [0.1, 0.15) is 44.7 Å². The highest BCUT2D eigenvalue weighted by atomic mass is 32.2. The molecular weight excluding hydrogens is 411 g/mol. The second-order valence-corrected chi connectivity index (χ2v) is 9.39. The Kier molecular flexibility index (Phi) is 6.70. The fourth-order valence-corrected chi connectivity index (χ4v) is 4.45. The van der Waals surface area contributed by atoms with Crippen LogP contribution in [0.15, 0.2) is 59.8 Å². The standard InChI is InChI=1S/C24H27FN4OS/c1-16(12-13-18-8-4-3-5-9-18)26-23(30)17(2)31-24-28-27-22(29(24)19-14-15-19)20-10-6-7-11-21(20)25/h3-11,16-17,19H,12-15H2,1-2H3,(H,26,30)/t16-,17-/m1/s1.